The molecule has 2 rings (SSSR count). The van der Waals surface area contributed by atoms with Crippen molar-refractivity contribution in [1.29, 1.82) is 0 Å². The van der Waals surface area contributed by atoms with Crippen molar-refractivity contribution in [1.82, 2.24) is 10.6 Å². The van der Waals surface area contributed by atoms with Crippen LogP contribution in [0.15, 0.2) is 18.2 Å². The second-order valence-corrected chi connectivity index (χ2v) is 4.82. The fourth-order valence-corrected chi connectivity index (χ4v) is 2.44. The summed E-state index contributed by atoms with van der Waals surface area (Å²) in [5.41, 5.74) is 3.66. The molecule has 1 atom stereocenters. The summed E-state index contributed by atoms with van der Waals surface area (Å²) in [6.45, 7) is 6.46. The van der Waals surface area contributed by atoms with Crippen LogP contribution in [0.3, 0.4) is 0 Å². The van der Waals surface area contributed by atoms with Crippen LogP contribution in [0.4, 0.5) is 5.69 Å². The number of anilines is 1. The van der Waals surface area contributed by atoms with Crippen LogP contribution in [0.2, 0.25) is 0 Å². The van der Waals surface area contributed by atoms with Crippen LogP contribution in [0, 0.1) is 6.92 Å². The summed E-state index contributed by atoms with van der Waals surface area (Å²) in [4.78, 5) is 13.9. The minimum atomic E-state index is -0.0999. The molecule has 4 nitrogen and oxygen atoms in total. The first-order valence-corrected chi connectivity index (χ1v) is 6.42. The topological polar surface area (TPSA) is 44.4 Å². The summed E-state index contributed by atoms with van der Waals surface area (Å²) >= 11 is 0. The molecule has 1 aromatic rings. The van der Waals surface area contributed by atoms with E-state index in [1.807, 2.05) is 14.0 Å². The molecule has 0 radical (unpaired) electrons. The second kappa shape index (κ2) is 5.40. The van der Waals surface area contributed by atoms with Crippen molar-refractivity contribution in [2.45, 2.75) is 26.4 Å². The zero-order chi connectivity index (χ0) is 13.1. The van der Waals surface area contributed by atoms with E-state index in [9.17, 15) is 4.79 Å². The number of benzene rings is 1. The van der Waals surface area contributed by atoms with Crippen LogP contribution >= 0.6 is 0 Å². The Morgan fingerprint density at radius 2 is 2.28 bits per heavy atom. The number of nitrogens with one attached hydrogen (secondary N) is 2. The Labute approximate surface area is 108 Å². The highest BCUT2D eigenvalue weighted by molar-refractivity contribution is 5.86. The SMILES string of the molecule is CNCc1cc(C)ccc1N1CCNC(=O)C1C. The summed E-state index contributed by atoms with van der Waals surface area (Å²) in [6, 6.07) is 6.31. The van der Waals surface area contributed by atoms with E-state index in [1.54, 1.807) is 0 Å². The molecule has 1 aliphatic rings. The third kappa shape index (κ3) is 2.48. The molecule has 1 fully saturated rings. The first-order valence-electron chi connectivity index (χ1n) is 6.42. The van der Waals surface area contributed by atoms with Crippen LogP contribution in [-0.4, -0.2) is 32.1 Å². The lowest BCUT2D eigenvalue weighted by atomic mass is 10.1. The van der Waals surface area contributed by atoms with E-state index in [1.165, 1.54) is 11.1 Å². The van der Waals surface area contributed by atoms with Gasteiger partial charge in [-0.05, 0) is 32.5 Å². The quantitative estimate of drug-likeness (QED) is 0.839. The molecule has 98 valence electrons. The molecular formula is C14H21N3O. The van der Waals surface area contributed by atoms with Crippen molar-refractivity contribution >= 4 is 11.6 Å². The number of piperazine rings is 1. The molecule has 1 saturated heterocycles. The van der Waals surface area contributed by atoms with Gasteiger partial charge in [-0.3, -0.25) is 4.79 Å². The third-order valence-corrected chi connectivity index (χ3v) is 3.41. The number of aryl methyl sites for hydroxylation is 1. The van der Waals surface area contributed by atoms with Gasteiger partial charge < -0.3 is 15.5 Å². The van der Waals surface area contributed by atoms with E-state index < -0.39 is 0 Å². The average molecular weight is 247 g/mol. The predicted octanol–water partition coefficient (Wildman–Crippen LogP) is 1.04. The summed E-state index contributed by atoms with van der Waals surface area (Å²) < 4.78 is 0. The van der Waals surface area contributed by atoms with Crippen molar-refractivity contribution in [3.63, 3.8) is 0 Å². The first kappa shape index (κ1) is 12.9. The third-order valence-electron chi connectivity index (χ3n) is 3.41. The molecule has 1 aromatic carbocycles. The van der Waals surface area contributed by atoms with E-state index in [4.69, 9.17) is 0 Å². The van der Waals surface area contributed by atoms with Crippen molar-refractivity contribution in [3.8, 4) is 0 Å². The minimum Gasteiger partial charge on any atom is -0.358 e. The molecule has 2 N–H and O–H groups in total. The molecule has 0 aromatic heterocycles. The number of rotatable bonds is 3. The van der Waals surface area contributed by atoms with Gasteiger partial charge in [0.05, 0.1) is 0 Å². The predicted molar refractivity (Wildman–Crippen MR) is 73.8 cm³/mol. The van der Waals surface area contributed by atoms with Crippen molar-refractivity contribution < 1.29 is 4.79 Å². The maximum atomic E-state index is 11.7. The largest absolute Gasteiger partial charge is 0.358 e. The van der Waals surface area contributed by atoms with Crippen LogP contribution in [0.25, 0.3) is 0 Å². The van der Waals surface area contributed by atoms with E-state index in [0.29, 0.717) is 0 Å². The van der Waals surface area contributed by atoms with E-state index in [2.05, 4.69) is 40.7 Å². The molecule has 1 unspecified atom stereocenters. The van der Waals surface area contributed by atoms with Crippen molar-refractivity contribution in [2.75, 3.05) is 25.0 Å². The van der Waals surface area contributed by atoms with Gasteiger partial charge in [0.2, 0.25) is 5.91 Å². The molecule has 18 heavy (non-hydrogen) atoms. The highest BCUT2D eigenvalue weighted by Gasteiger charge is 2.26. The van der Waals surface area contributed by atoms with Crippen LogP contribution < -0.4 is 15.5 Å². The fraction of sp³-hybridized carbons (Fsp3) is 0.500. The normalized spacial score (nSPS) is 19.8. The van der Waals surface area contributed by atoms with Gasteiger partial charge in [-0.1, -0.05) is 17.7 Å². The molecule has 0 spiro atoms. The average Bonchev–Trinajstić information content (AvgIpc) is 2.34. The Hall–Kier alpha value is -1.55. The number of carbonyl (C=O) groups excluding carboxylic acids is 1. The summed E-state index contributed by atoms with van der Waals surface area (Å²) in [7, 11) is 1.94. The Morgan fingerprint density at radius 3 is 3.00 bits per heavy atom. The monoisotopic (exact) mass is 247 g/mol. The molecule has 4 heteroatoms. The molecule has 0 aliphatic carbocycles. The van der Waals surface area contributed by atoms with Gasteiger partial charge in [0.25, 0.3) is 0 Å². The maximum absolute atomic E-state index is 11.7. The van der Waals surface area contributed by atoms with Gasteiger partial charge >= 0.3 is 0 Å². The molecular weight excluding hydrogens is 226 g/mol. The lowest BCUT2D eigenvalue weighted by Crippen LogP contribution is -2.54. The first-order chi connectivity index (χ1) is 8.63. The lowest BCUT2D eigenvalue weighted by molar-refractivity contribution is -0.122. The number of hydrogen-bond acceptors (Lipinski definition) is 3. The zero-order valence-corrected chi connectivity index (χ0v) is 11.3. The van der Waals surface area contributed by atoms with Gasteiger partial charge in [-0.25, -0.2) is 0 Å². The number of hydrogen-bond donors (Lipinski definition) is 2. The number of nitrogens with zero attached hydrogens (tertiary/aromatic N) is 1. The molecule has 1 amide bonds. The van der Waals surface area contributed by atoms with Gasteiger partial charge in [-0.15, -0.1) is 0 Å². The second-order valence-electron chi connectivity index (χ2n) is 4.82. The maximum Gasteiger partial charge on any atom is 0.242 e. The number of carbonyl (C=O) groups is 1. The van der Waals surface area contributed by atoms with Gasteiger partial charge in [-0.2, -0.15) is 0 Å². The summed E-state index contributed by atoms with van der Waals surface area (Å²) in [5.74, 6) is 0.109. The van der Waals surface area contributed by atoms with Crippen molar-refractivity contribution in [2.24, 2.45) is 0 Å². The molecule has 0 saturated carbocycles. The Kier molecular flexibility index (Phi) is 3.87. The zero-order valence-electron chi connectivity index (χ0n) is 11.3. The fourth-order valence-electron chi connectivity index (χ4n) is 2.44. The van der Waals surface area contributed by atoms with Crippen molar-refractivity contribution in [3.05, 3.63) is 29.3 Å². The van der Waals surface area contributed by atoms with Gasteiger partial charge in [0.1, 0.15) is 6.04 Å². The van der Waals surface area contributed by atoms with E-state index in [-0.39, 0.29) is 11.9 Å². The minimum absolute atomic E-state index is 0.0999. The van der Waals surface area contributed by atoms with Crippen LogP contribution in [0.5, 0.6) is 0 Å². The smallest absolute Gasteiger partial charge is 0.242 e. The van der Waals surface area contributed by atoms with Crippen LogP contribution in [-0.2, 0) is 11.3 Å². The number of amides is 1. The van der Waals surface area contributed by atoms with E-state index in [0.717, 1.165) is 25.3 Å². The Bertz CT molecular complexity index is 445. The highest BCUT2D eigenvalue weighted by atomic mass is 16.2. The Balaban J connectivity index is 2.33. The highest BCUT2D eigenvalue weighted by Crippen LogP contribution is 2.25. The van der Waals surface area contributed by atoms with E-state index >= 15 is 0 Å². The molecule has 1 heterocycles. The van der Waals surface area contributed by atoms with Gasteiger partial charge in [0.15, 0.2) is 0 Å². The molecule has 0 bridgehead atoms. The lowest BCUT2D eigenvalue weighted by Gasteiger charge is -2.36. The van der Waals surface area contributed by atoms with Gasteiger partial charge in [0, 0.05) is 25.3 Å². The summed E-state index contributed by atoms with van der Waals surface area (Å²) in [6.07, 6.45) is 0. The molecule has 1 aliphatic heterocycles. The van der Waals surface area contributed by atoms with Crippen LogP contribution in [0.1, 0.15) is 18.1 Å². The Morgan fingerprint density at radius 1 is 1.50 bits per heavy atom. The summed E-state index contributed by atoms with van der Waals surface area (Å²) in [5, 5.41) is 6.09. The standard InChI is InChI=1S/C14H21N3O/c1-10-4-5-13(12(8-10)9-15-3)17-7-6-16-14(18)11(17)2/h4-5,8,11,15H,6-7,9H2,1-3H3,(H,16,18).